The number of carbonyl (C=O) groups is 1. The summed E-state index contributed by atoms with van der Waals surface area (Å²) in [4.78, 5) is 13.3. The van der Waals surface area contributed by atoms with Crippen LogP contribution in [0, 0.1) is 11.7 Å². The second-order valence-electron chi connectivity index (χ2n) is 10.1. The molecule has 1 heterocycles. The van der Waals surface area contributed by atoms with Gasteiger partial charge >= 0.3 is 6.09 Å². The van der Waals surface area contributed by atoms with Crippen LogP contribution >= 0.6 is 0 Å². The highest BCUT2D eigenvalue weighted by Crippen LogP contribution is 2.40. The van der Waals surface area contributed by atoms with Crippen molar-refractivity contribution in [2.45, 2.75) is 77.2 Å². The maximum atomic E-state index is 15.0. The summed E-state index contributed by atoms with van der Waals surface area (Å²) in [7, 11) is 0. The minimum Gasteiger partial charge on any atom is -0.598 e. The van der Waals surface area contributed by atoms with Crippen LogP contribution in [0.5, 0.6) is 0 Å². The van der Waals surface area contributed by atoms with Gasteiger partial charge in [0.2, 0.25) is 0 Å². The summed E-state index contributed by atoms with van der Waals surface area (Å²) < 4.78 is 64.6. The van der Waals surface area contributed by atoms with Gasteiger partial charge in [-0.1, -0.05) is 18.2 Å². The summed E-state index contributed by atoms with van der Waals surface area (Å²) >= 11 is -1.47. The van der Waals surface area contributed by atoms with Gasteiger partial charge in [-0.25, -0.2) is 18.0 Å². The van der Waals surface area contributed by atoms with E-state index in [1.165, 1.54) is 17.0 Å². The van der Waals surface area contributed by atoms with Gasteiger partial charge in [-0.05, 0) is 48.5 Å². The third-order valence-corrected chi connectivity index (χ3v) is 6.56. The molecule has 1 aromatic carbocycles. The molecule has 1 aliphatic rings. The number of amides is 1. The molecule has 0 radical (unpaired) electrons. The first kappa shape index (κ1) is 25.8. The lowest BCUT2D eigenvalue weighted by Gasteiger charge is -2.41. The van der Waals surface area contributed by atoms with E-state index < -0.39 is 63.5 Å². The van der Waals surface area contributed by atoms with Crippen LogP contribution in [-0.4, -0.2) is 39.0 Å². The number of nitrogens with one attached hydrogen (secondary N) is 1. The molecule has 2 unspecified atom stereocenters. The summed E-state index contributed by atoms with van der Waals surface area (Å²) in [5.74, 6) is -4.84. The minimum absolute atomic E-state index is 0.0405. The Labute approximate surface area is 186 Å². The summed E-state index contributed by atoms with van der Waals surface area (Å²) in [5, 5.41) is 0. The Morgan fingerprint density at radius 1 is 1.26 bits per heavy atom. The molecule has 0 spiro atoms. The Morgan fingerprint density at radius 2 is 1.84 bits per heavy atom. The van der Waals surface area contributed by atoms with Crippen molar-refractivity contribution in [2.24, 2.45) is 5.92 Å². The maximum Gasteiger partial charge on any atom is 0.410 e. The molecule has 1 aromatic rings. The molecule has 176 valence electrons. The van der Waals surface area contributed by atoms with E-state index in [9.17, 15) is 18.1 Å². The molecular weight excluding hydrogens is 429 g/mol. The van der Waals surface area contributed by atoms with Crippen molar-refractivity contribution in [1.29, 1.82) is 0 Å². The van der Waals surface area contributed by atoms with E-state index in [4.69, 9.17) is 4.74 Å². The predicted octanol–water partition coefficient (Wildman–Crippen LogP) is 5.29. The summed E-state index contributed by atoms with van der Waals surface area (Å²) in [6.07, 6.45) is -1.10. The summed E-state index contributed by atoms with van der Waals surface area (Å²) in [6.45, 7) is 12.4. The average molecular weight is 463 g/mol. The van der Waals surface area contributed by atoms with E-state index in [1.54, 1.807) is 48.5 Å². The van der Waals surface area contributed by atoms with Gasteiger partial charge in [0, 0.05) is 42.4 Å². The standard InChI is InChI=1S/C22H33F3N2O3S/c1-14(26-31(29)21(5,6)7)16-9-8-10-17(18(16)23)22(24,25)11-15-12-27(13-15)19(28)30-20(2,3)4/h8-10,14-15,26H,11-13H2,1-7H3. The Balaban J connectivity index is 2.06. The van der Waals surface area contributed by atoms with Crippen LogP contribution in [0.2, 0.25) is 0 Å². The molecule has 1 saturated heterocycles. The molecule has 5 nitrogen and oxygen atoms in total. The number of nitrogens with zero attached hydrogens (tertiary/aromatic N) is 1. The first-order chi connectivity index (χ1) is 14.0. The van der Waals surface area contributed by atoms with Crippen molar-refractivity contribution in [3.05, 3.63) is 35.1 Å². The van der Waals surface area contributed by atoms with E-state index in [0.29, 0.717) is 0 Å². The number of halogens is 3. The molecule has 1 amide bonds. The Morgan fingerprint density at radius 3 is 2.35 bits per heavy atom. The molecular formula is C22H33F3N2O3S. The lowest BCUT2D eigenvalue weighted by Crippen LogP contribution is -2.52. The fourth-order valence-corrected chi connectivity index (χ4v) is 4.02. The van der Waals surface area contributed by atoms with Gasteiger partial charge < -0.3 is 14.2 Å². The lowest BCUT2D eigenvalue weighted by molar-refractivity contribution is -0.0632. The smallest absolute Gasteiger partial charge is 0.410 e. The minimum atomic E-state index is -3.40. The normalized spacial score (nSPS) is 17.8. The molecule has 0 bridgehead atoms. The average Bonchev–Trinajstić information content (AvgIpc) is 2.55. The van der Waals surface area contributed by atoms with E-state index in [0.717, 1.165) is 6.07 Å². The van der Waals surface area contributed by atoms with Gasteiger partial charge in [0.1, 0.15) is 16.2 Å². The molecule has 9 heteroatoms. The van der Waals surface area contributed by atoms with Crippen LogP contribution in [0.4, 0.5) is 18.0 Å². The van der Waals surface area contributed by atoms with E-state index in [2.05, 4.69) is 4.72 Å². The van der Waals surface area contributed by atoms with Gasteiger partial charge in [-0.15, -0.1) is 4.72 Å². The highest BCUT2D eigenvalue weighted by Gasteiger charge is 2.43. The quantitative estimate of drug-likeness (QED) is 0.584. The topological polar surface area (TPSA) is 64.6 Å². The zero-order chi connectivity index (χ0) is 23.8. The maximum absolute atomic E-state index is 15.0. The highest BCUT2D eigenvalue weighted by molar-refractivity contribution is 7.90. The molecule has 0 saturated carbocycles. The van der Waals surface area contributed by atoms with Crippen LogP contribution in [-0.2, 0) is 22.0 Å². The van der Waals surface area contributed by atoms with E-state index in [-0.39, 0.29) is 18.7 Å². The molecule has 1 fully saturated rings. The first-order valence-corrected chi connectivity index (χ1v) is 11.5. The number of alkyl halides is 2. The Kier molecular flexibility index (Phi) is 7.65. The zero-order valence-corrected chi connectivity index (χ0v) is 20.0. The summed E-state index contributed by atoms with van der Waals surface area (Å²) in [6, 6.07) is 3.17. The number of hydrogen-bond acceptors (Lipinski definition) is 4. The van der Waals surface area contributed by atoms with Crippen molar-refractivity contribution in [3.63, 3.8) is 0 Å². The number of ether oxygens (including phenoxy) is 1. The lowest BCUT2D eigenvalue weighted by atomic mass is 9.89. The van der Waals surface area contributed by atoms with Gasteiger partial charge in [-0.3, -0.25) is 0 Å². The van der Waals surface area contributed by atoms with Crippen molar-refractivity contribution >= 4 is 17.5 Å². The number of hydrogen-bond donors (Lipinski definition) is 1. The SMILES string of the molecule is CC(N[S+]([O-])C(C)(C)C)c1cccc(C(F)(F)CC2CN(C(=O)OC(C)(C)C)C2)c1F. The molecule has 0 aromatic heterocycles. The Hall–Kier alpha value is -1.45. The van der Waals surface area contributed by atoms with E-state index in [1.807, 2.05) is 0 Å². The van der Waals surface area contributed by atoms with E-state index >= 15 is 4.39 Å². The largest absolute Gasteiger partial charge is 0.598 e. The highest BCUT2D eigenvalue weighted by atomic mass is 32.2. The van der Waals surface area contributed by atoms with Gasteiger partial charge in [-0.2, -0.15) is 0 Å². The van der Waals surface area contributed by atoms with Crippen LogP contribution in [0.1, 0.15) is 72.1 Å². The first-order valence-electron chi connectivity index (χ1n) is 10.3. The number of rotatable bonds is 6. The van der Waals surface area contributed by atoms with Crippen molar-refractivity contribution in [2.75, 3.05) is 13.1 Å². The molecule has 2 rings (SSSR count). The van der Waals surface area contributed by atoms with Crippen LogP contribution in [0.25, 0.3) is 0 Å². The molecule has 2 atom stereocenters. The van der Waals surface area contributed by atoms with Gasteiger partial charge in [0.15, 0.2) is 0 Å². The third kappa shape index (κ3) is 6.76. The zero-order valence-electron chi connectivity index (χ0n) is 19.2. The number of benzene rings is 1. The van der Waals surface area contributed by atoms with Crippen LogP contribution in [0.15, 0.2) is 18.2 Å². The third-order valence-electron chi connectivity index (χ3n) is 4.88. The fraction of sp³-hybridized carbons (Fsp3) is 0.682. The number of likely N-dealkylation sites (tertiary alicyclic amines) is 1. The number of carbonyl (C=O) groups excluding carboxylic acids is 1. The van der Waals surface area contributed by atoms with Crippen LogP contribution in [0.3, 0.4) is 0 Å². The molecule has 31 heavy (non-hydrogen) atoms. The van der Waals surface area contributed by atoms with Crippen molar-refractivity contribution < 1.29 is 27.3 Å². The molecule has 1 aliphatic heterocycles. The fourth-order valence-electron chi connectivity index (χ4n) is 3.21. The molecule has 0 aliphatic carbocycles. The second kappa shape index (κ2) is 9.19. The van der Waals surface area contributed by atoms with Crippen molar-refractivity contribution in [1.82, 2.24) is 9.62 Å². The predicted molar refractivity (Wildman–Crippen MR) is 116 cm³/mol. The van der Waals surface area contributed by atoms with Crippen molar-refractivity contribution in [3.8, 4) is 0 Å². The molecule has 1 N–H and O–H groups in total. The second-order valence-corrected chi connectivity index (χ2v) is 12.1. The van der Waals surface area contributed by atoms with Gasteiger partial charge in [0.25, 0.3) is 5.92 Å². The summed E-state index contributed by atoms with van der Waals surface area (Å²) in [5.41, 5.74) is -1.30. The monoisotopic (exact) mass is 462 g/mol. The van der Waals surface area contributed by atoms with Gasteiger partial charge in [0.05, 0.1) is 11.6 Å². The van der Waals surface area contributed by atoms with Crippen LogP contribution < -0.4 is 4.72 Å². The Bertz CT molecular complexity index is 787.